The molecule has 8 heteroatoms. The van der Waals surface area contributed by atoms with E-state index in [1.807, 2.05) is 37.3 Å². The van der Waals surface area contributed by atoms with Gasteiger partial charge < -0.3 is 10.8 Å². The highest BCUT2D eigenvalue weighted by atomic mass is 16.3. The normalized spacial score (nSPS) is 11.3. The Morgan fingerprint density at radius 3 is 2.85 bits per heavy atom. The first kappa shape index (κ1) is 16.1. The fourth-order valence-corrected chi connectivity index (χ4v) is 3.08. The summed E-state index contributed by atoms with van der Waals surface area (Å²) in [6, 6.07) is 9.46. The molecule has 0 fully saturated rings. The zero-order valence-electron chi connectivity index (χ0n) is 14.2. The van der Waals surface area contributed by atoms with E-state index in [0.29, 0.717) is 28.7 Å². The summed E-state index contributed by atoms with van der Waals surface area (Å²) >= 11 is 0. The Balaban J connectivity index is 2.02. The van der Waals surface area contributed by atoms with Crippen molar-refractivity contribution in [2.75, 3.05) is 12.3 Å². The van der Waals surface area contributed by atoms with Crippen molar-refractivity contribution < 1.29 is 5.11 Å². The molecule has 0 saturated heterocycles. The maximum absolute atomic E-state index is 13.0. The Morgan fingerprint density at radius 1 is 1.27 bits per heavy atom. The van der Waals surface area contributed by atoms with Gasteiger partial charge in [0.05, 0.1) is 30.0 Å². The number of aromatic amines is 1. The van der Waals surface area contributed by atoms with Gasteiger partial charge in [0.1, 0.15) is 5.39 Å². The van der Waals surface area contributed by atoms with Crippen LogP contribution >= 0.6 is 0 Å². The van der Waals surface area contributed by atoms with Crippen LogP contribution in [0.1, 0.15) is 5.56 Å². The van der Waals surface area contributed by atoms with Crippen molar-refractivity contribution in [1.29, 1.82) is 0 Å². The Morgan fingerprint density at radius 2 is 2.08 bits per heavy atom. The van der Waals surface area contributed by atoms with Gasteiger partial charge in [-0.2, -0.15) is 10.2 Å². The second-order valence-corrected chi connectivity index (χ2v) is 6.05. The van der Waals surface area contributed by atoms with Crippen LogP contribution in [0.5, 0.6) is 0 Å². The quantitative estimate of drug-likeness (QED) is 0.515. The van der Waals surface area contributed by atoms with E-state index >= 15 is 0 Å². The number of pyridine rings is 1. The van der Waals surface area contributed by atoms with Crippen LogP contribution in [0.3, 0.4) is 0 Å². The largest absolute Gasteiger partial charge is 0.394 e. The molecule has 4 aromatic rings. The molecule has 0 amide bonds. The van der Waals surface area contributed by atoms with Gasteiger partial charge >= 0.3 is 0 Å². The van der Waals surface area contributed by atoms with Gasteiger partial charge in [0.25, 0.3) is 5.56 Å². The van der Waals surface area contributed by atoms with E-state index in [-0.39, 0.29) is 18.0 Å². The van der Waals surface area contributed by atoms with Crippen LogP contribution < -0.4 is 11.3 Å². The fraction of sp³-hybridized carbons (Fsp3) is 0.167. The first-order valence-corrected chi connectivity index (χ1v) is 8.20. The van der Waals surface area contributed by atoms with E-state index < -0.39 is 0 Å². The number of para-hydroxylation sites is 1. The molecule has 1 aromatic carbocycles. The van der Waals surface area contributed by atoms with Gasteiger partial charge in [-0.1, -0.05) is 18.2 Å². The van der Waals surface area contributed by atoms with Crippen LogP contribution in [0.4, 0.5) is 5.82 Å². The number of aryl methyl sites for hydroxylation is 1. The number of fused-ring (bicyclic) bond motifs is 1. The number of hydrogen-bond acceptors (Lipinski definition) is 5. The standard InChI is InChI=1S/C18H18N6O2/c1-11-4-2-3-5-14(11)24-10-12(13-6-7-23(22-13)8-9-25)16-15(18(24)26)17(19)21-20-16/h2-7,10,25H,8-9H2,1H3,(H3,19,20,21). The van der Waals surface area contributed by atoms with Crippen LogP contribution in [-0.4, -0.2) is 36.3 Å². The number of benzene rings is 1. The van der Waals surface area contributed by atoms with E-state index in [0.717, 1.165) is 11.3 Å². The second kappa shape index (κ2) is 6.16. The molecule has 0 bridgehead atoms. The molecule has 0 unspecified atom stereocenters. The van der Waals surface area contributed by atoms with Crippen LogP contribution in [-0.2, 0) is 6.54 Å². The number of nitrogens with zero attached hydrogens (tertiary/aromatic N) is 4. The molecule has 0 atom stereocenters. The molecular formula is C18H18N6O2. The van der Waals surface area contributed by atoms with Gasteiger partial charge in [0.15, 0.2) is 5.82 Å². The first-order chi connectivity index (χ1) is 12.6. The van der Waals surface area contributed by atoms with Crippen LogP contribution in [0.25, 0.3) is 27.8 Å². The maximum Gasteiger partial charge on any atom is 0.268 e. The molecule has 0 aliphatic carbocycles. The lowest BCUT2D eigenvalue weighted by Gasteiger charge is -2.11. The average molecular weight is 350 g/mol. The van der Waals surface area contributed by atoms with Gasteiger partial charge in [-0.25, -0.2) is 0 Å². The third-order valence-electron chi connectivity index (χ3n) is 4.38. The van der Waals surface area contributed by atoms with E-state index in [4.69, 9.17) is 10.8 Å². The monoisotopic (exact) mass is 350 g/mol. The van der Waals surface area contributed by atoms with Crippen molar-refractivity contribution in [2.45, 2.75) is 13.5 Å². The van der Waals surface area contributed by atoms with Gasteiger partial charge in [-0.3, -0.25) is 19.1 Å². The van der Waals surface area contributed by atoms with Crippen molar-refractivity contribution in [1.82, 2.24) is 24.5 Å². The molecular weight excluding hydrogens is 332 g/mol. The van der Waals surface area contributed by atoms with Gasteiger partial charge in [0.2, 0.25) is 0 Å². The van der Waals surface area contributed by atoms with Crippen LogP contribution in [0.15, 0.2) is 47.5 Å². The van der Waals surface area contributed by atoms with E-state index in [1.165, 1.54) is 0 Å². The highest BCUT2D eigenvalue weighted by Gasteiger charge is 2.18. The molecule has 132 valence electrons. The summed E-state index contributed by atoms with van der Waals surface area (Å²) in [5.41, 5.74) is 9.37. The Kier molecular flexibility index (Phi) is 3.81. The lowest BCUT2D eigenvalue weighted by atomic mass is 10.1. The molecule has 4 rings (SSSR count). The van der Waals surface area contributed by atoms with E-state index in [9.17, 15) is 4.79 Å². The smallest absolute Gasteiger partial charge is 0.268 e. The summed E-state index contributed by atoms with van der Waals surface area (Å²) in [6.07, 6.45) is 3.52. The number of aromatic nitrogens is 5. The summed E-state index contributed by atoms with van der Waals surface area (Å²) in [4.78, 5) is 13.0. The Bertz CT molecular complexity index is 1150. The van der Waals surface area contributed by atoms with E-state index in [2.05, 4.69) is 15.3 Å². The number of nitrogens with one attached hydrogen (secondary N) is 1. The highest BCUT2D eigenvalue weighted by molar-refractivity contribution is 5.97. The van der Waals surface area contributed by atoms with Crippen molar-refractivity contribution >= 4 is 16.7 Å². The number of hydrogen-bond donors (Lipinski definition) is 3. The van der Waals surface area contributed by atoms with Gasteiger partial charge in [-0.05, 0) is 24.6 Å². The second-order valence-electron chi connectivity index (χ2n) is 6.05. The Labute approximate surface area is 148 Å². The predicted octanol–water partition coefficient (Wildman–Crippen LogP) is 1.46. The maximum atomic E-state index is 13.0. The minimum atomic E-state index is -0.237. The molecule has 26 heavy (non-hydrogen) atoms. The molecule has 3 heterocycles. The third-order valence-corrected chi connectivity index (χ3v) is 4.38. The fourth-order valence-electron chi connectivity index (χ4n) is 3.08. The van der Waals surface area contributed by atoms with Crippen molar-refractivity contribution in [3.63, 3.8) is 0 Å². The number of nitrogens with two attached hydrogens (primary N) is 1. The summed E-state index contributed by atoms with van der Waals surface area (Å²) in [7, 11) is 0. The molecule has 3 aromatic heterocycles. The zero-order chi connectivity index (χ0) is 18.3. The SMILES string of the molecule is Cc1ccccc1-n1cc(-c2ccn(CCO)n2)c2[nH]nc(N)c2c1=O. The van der Waals surface area contributed by atoms with Crippen LogP contribution in [0, 0.1) is 6.92 Å². The molecule has 0 spiro atoms. The van der Waals surface area contributed by atoms with Crippen LogP contribution in [0.2, 0.25) is 0 Å². The molecule has 0 aliphatic rings. The van der Waals surface area contributed by atoms with Gasteiger partial charge in [-0.15, -0.1) is 0 Å². The predicted molar refractivity (Wildman–Crippen MR) is 99.1 cm³/mol. The minimum Gasteiger partial charge on any atom is -0.394 e. The Hall–Kier alpha value is -3.39. The molecule has 4 N–H and O–H groups in total. The number of anilines is 1. The number of aliphatic hydroxyl groups excluding tert-OH is 1. The minimum absolute atomic E-state index is 0.00373. The lowest BCUT2D eigenvalue weighted by molar-refractivity contribution is 0.269. The highest BCUT2D eigenvalue weighted by Crippen LogP contribution is 2.27. The van der Waals surface area contributed by atoms with Crippen molar-refractivity contribution in [2.24, 2.45) is 0 Å². The lowest BCUT2D eigenvalue weighted by Crippen LogP contribution is -2.19. The molecule has 0 radical (unpaired) electrons. The summed E-state index contributed by atoms with van der Waals surface area (Å²) < 4.78 is 3.22. The number of rotatable bonds is 4. The van der Waals surface area contributed by atoms with Gasteiger partial charge in [0, 0.05) is 18.0 Å². The van der Waals surface area contributed by atoms with Crippen molar-refractivity contribution in [3.8, 4) is 16.9 Å². The number of nitrogen functional groups attached to an aromatic ring is 1. The zero-order valence-corrected chi connectivity index (χ0v) is 14.2. The third kappa shape index (κ3) is 2.47. The number of aliphatic hydroxyl groups is 1. The summed E-state index contributed by atoms with van der Waals surface area (Å²) in [6.45, 7) is 2.34. The molecule has 0 saturated carbocycles. The number of H-pyrrole nitrogens is 1. The summed E-state index contributed by atoms with van der Waals surface area (Å²) in [5.74, 6) is 0.156. The topological polar surface area (TPSA) is 115 Å². The average Bonchev–Trinajstić information content (AvgIpc) is 3.24. The van der Waals surface area contributed by atoms with E-state index in [1.54, 1.807) is 21.6 Å². The molecule has 0 aliphatic heterocycles. The molecule has 8 nitrogen and oxygen atoms in total. The van der Waals surface area contributed by atoms with Crippen molar-refractivity contribution in [3.05, 3.63) is 58.6 Å². The first-order valence-electron chi connectivity index (χ1n) is 8.20. The summed E-state index contributed by atoms with van der Waals surface area (Å²) in [5, 5.41) is 20.8.